The average Bonchev–Trinajstić information content (AvgIpc) is 2.82. The Hall–Kier alpha value is -1.02. The number of benzene rings is 1. The monoisotopic (exact) mass is 446 g/mol. The highest BCUT2D eigenvalue weighted by Crippen LogP contribution is 2.16. The maximum atomic E-state index is 6.27. The molecule has 1 aromatic rings. The maximum Gasteiger partial charge on any atom is 0.119 e. The van der Waals surface area contributed by atoms with Gasteiger partial charge >= 0.3 is 0 Å². The van der Waals surface area contributed by atoms with Crippen LogP contribution in [0.1, 0.15) is 136 Å². The summed E-state index contributed by atoms with van der Waals surface area (Å²) in [7, 11) is 0. The predicted molar refractivity (Wildman–Crippen MR) is 141 cm³/mol. The Bertz CT molecular complexity index is 473. The fourth-order valence-corrected chi connectivity index (χ4v) is 4.27. The van der Waals surface area contributed by atoms with Crippen LogP contribution in [0.3, 0.4) is 0 Å². The maximum absolute atomic E-state index is 6.27. The molecule has 1 atom stereocenters. The van der Waals surface area contributed by atoms with Crippen LogP contribution in [0.4, 0.5) is 0 Å². The predicted octanol–water partition coefficient (Wildman–Crippen LogP) is 9.90. The Morgan fingerprint density at radius 3 is 1.56 bits per heavy atom. The van der Waals surface area contributed by atoms with Crippen LogP contribution in [0.25, 0.3) is 0 Å². The van der Waals surface area contributed by atoms with Crippen LogP contribution >= 0.6 is 0 Å². The van der Waals surface area contributed by atoms with Crippen molar-refractivity contribution in [2.45, 2.75) is 142 Å². The first-order valence-electron chi connectivity index (χ1n) is 14.2. The topological polar surface area (TPSA) is 18.5 Å². The fraction of sp³-hybridized carbons (Fsp3) is 0.800. The summed E-state index contributed by atoms with van der Waals surface area (Å²) in [4.78, 5) is 0. The van der Waals surface area contributed by atoms with Crippen LogP contribution in [0.5, 0.6) is 5.75 Å². The van der Waals surface area contributed by atoms with E-state index in [0.29, 0.717) is 6.61 Å². The van der Waals surface area contributed by atoms with Crippen molar-refractivity contribution in [1.29, 1.82) is 0 Å². The second-order valence-electron chi connectivity index (χ2n) is 9.56. The minimum absolute atomic E-state index is 0.231. The minimum atomic E-state index is 0.231. The van der Waals surface area contributed by atoms with Gasteiger partial charge in [0.15, 0.2) is 0 Å². The molecule has 1 aromatic carbocycles. The summed E-state index contributed by atoms with van der Waals surface area (Å²) in [6.45, 7) is 6.14. The highest BCUT2D eigenvalue weighted by atomic mass is 16.5. The number of rotatable bonds is 24. The standard InChI is InChI=1S/C30H54O2/c1-3-5-7-9-11-12-13-14-16-18-23-27-31-30(26-20-17-15-10-8-6-4-2)28-32-29-24-21-19-22-25-29/h19,21-22,24-25,30H,3-18,20,23,26-28H2,1-2H3. The van der Waals surface area contributed by atoms with Crippen molar-refractivity contribution in [3.05, 3.63) is 30.3 Å². The van der Waals surface area contributed by atoms with Crippen molar-refractivity contribution < 1.29 is 9.47 Å². The van der Waals surface area contributed by atoms with Gasteiger partial charge in [0, 0.05) is 6.61 Å². The molecular formula is C30H54O2. The summed E-state index contributed by atoms with van der Waals surface area (Å²) < 4.78 is 12.3. The molecule has 0 spiro atoms. The van der Waals surface area contributed by atoms with Gasteiger partial charge in [0.2, 0.25) is 0 Å². The quantitative estimate of drug-likeness (QED) is 0.147. The van der Waals surface area contributed by atoms with Gasteiger partial charge in [0.1, 0.15) is 12.4 Å². The van der Waals surface area contributed by atoms with E-state index in [1.165, 1.54) is 116 Å². The molecule has 0 N–H and O–H groups in total. The summed E-state index contributed by atoms with van der Waals surface area (Å²) in [5.41, 5.74) is 0. The molecule has 0 saturated heterocycles. The van der Waals surface area contributed by atoms with E-state index in [4.69, 9.17) is 9.47 Å². The van der Waals surface area contributed by atoms with Gasteiger partial charge in [0.05, 0.1) is 6.10 Å². The van der Waals surface area contributed by atoms with Crippen molar-refractivity contribution in [1.82, 2.24) is 0 Å². The third-order valence-corrected chi connectivity index (χ3v) is 6.41. The lowest BCUT2D eigenvalue weighted by Crippen LogP contribution is -2.22. The first-order chi connectivity index (χ1) is 15.9. The zero-order valence-electron chi connectivity index (χ0n) is 21.6. The third kappa shape index (κ3) is 18.5. The van der Waals surface area contributed by atoms with Gasteiger partial charge in [-0.25, -0.2) is 0 Å². The normalized spacial score (nSPS) is 12.2. The largest absolute Gasteiger partial charge is 0.491 e. The minimum Gasteiger partial charge on any atom is -0.491 e. The molecule has 0 amide bonds. The van der Waals surface area contributed by atoms with E-state index in [2.05, 4.69) is 13.8 Å². The summed E-state index contributed by atoms with van der Waals surface area (Å²) in [6, 6.07) is 10.2. The molecular weight excluding hydrogens is 392 g/mol. The lowest BCUT2D eigenvalue weighted by Gasteiger charge is -2.19. The van der Waals surface area contributed by atoms with Gasteiger partial charge < -0.3 is 9.47 Å². The van der Waals surface area contributed by atoms with Crippen LogP contribution in [-0.4, -0.2) is 19.3 Å². The van der Waals surface area contributed by atoms with E-state index in [9.17, 15) is 0 Å². The number of ether oxygens (including phenoxy) is 2. The number of hydrogen-bond donors (Lipinski definition) is 0. The molecule has 32 heavy (non-hydrogen) atoms. The van der Waals surface area contributed by atoms with E-state index in [0.717, 1.165) is 18.8 Å². The van der Waals surface area contributed by atoms with Crippen molar-refractivity contribution >= 4 is 0 Å². The zero-order valence-corrected chi connectivity index (χ0v) is 21.6. The van der Waals surface area contributed by atoms with E-state index in [1.54, 1.807) is 0 Å². The number of unbranched alkanes of at least 4 members (excludes halogenated alkanes) is 16. The van der Waals surface area contributed by atoms with Gasteiger partial charge in [-0.2, -0.15) is 0 Å². The molecule has 0 heterocycles. The van der Waals surface area contributed by atoms with Crippen molar-refractivity contribution in [3.8, 4) is 5.75 Å². The van der Waals surface area contributed by atoms with E-state index in [1.807, 2.05) is 30.3 Å². The Kier molecular flexibility index (Phi) is 21.0. The van der Waals surface area contributed by atoms with Crippen molar-refractivity contribution in [2.75, 3.05) is 13.2 Å². The smallest absolute Gasteiger partial charge is 0.119 e. The molecule has 1 unspecified atom stereocenters. The highest BCUT2D eigenvalue weighted by Gasteiger charge is 2.10. The molecule has 0 aliphatic rings. The molecule has 0 saturated carbocycles. The molecule has 0 radical (unpaired) electrons. The summed E-state index contributed by atoms with van der Waals surface area (Å²) in [5, 5.41) is 0. The second kappa shape index (κ2) is 23.1. The summed E-state index contributed by atoms with van der Waals surface area (Å²) in [6.07, 6.45) is 26.0. The van der Waals surface area contributed by atoms with E-state index < -0.39 is 0 Å². The highest BCUT2D eigenvalue weighted by molar-refractivity contribution is 5.20. The summed E-state index contributed by atoms with van der Waals surface area (Å²) >= 11 is 0. The molecule has 186 valence electrons. The molecule has 0 aliphatic carbocycles. The molecule has 0 aromatic heterocycles. The van der Waals surface area contributed by atoms with Crippen LogP contribution in [-0.2, 0) is 4.74 Å². The molecule has 2 nitrogen and oxygen atoms in total. The van der Waals surface area contributed by atoms with Gasteiger partial charge in [-0.05, 0) is 25.0 Å². The van der Waals surface area contributed by atoms with Crippen molar-refractivity contribution in [3.63, 3.8) is 0 Å². The summed E-state index contributed by atoms with van der Waals surface area (Å²) in [5.74, 6) is 0.954. The van der Waals surface area contributed by atoms with Gasteiger partial charge in [-0.1, -0.05) is 141 Å². The molecule has 1 rings (SSSR count). The lowest BCUT2D eigenvalue weighted by atomic mass is 10.1. The Morgan fingerprint density at radius 1 is 0.562 bits per heavy atom. The number of para-hydroxylation sites is 1. The van der Waals surface area contributed by atoms with Crippen LogP contribution < -0.4 is 4.74 Å². The molecule has 0 bridgehead atoms. The van der Waals surface area contributed by atoms with Crippen LogP contribution in [0, 0.1) is 0 Å². The van der Waals surface area contributed by atoms with Crippen LogP contribution in [0.15, 0.2) is 30.3 Å². The SMILES string of the molecule is CCCCCCCCCCCCCOC(CCCCCCCCC)COc1ccccc1. The van der Waals surface area contributed by atoms with Crippen molar-refractivity contribution in [2.24, 2.45) is 0 Å². The fourth-order valence-electron chi connectivity index (χ4n) is 4.27. The molecule has 0 aliphatic heterocycles. The molecule has 2 heteroatoms. The van der Waals surface area contributed by atoms with E-state index >= 15 is 0 Å². The third-order valence-electron chi connectivity index (χ3n) is 6.41. The first kappa shape index (κ1) is 29.0. The van der Waals surface area contributed by atoms with E-state index in [-0.39, 0.29) is 6.10 Å². The Labute approximate surface area is 200 Å². The average molecular weight is 447 g/mol. The second-order valence-corrected chi connectivity index (χ2v) is 9.56. The zero-order chi connectivity index (χ0) is 23.0. The first-order valence-corrected chi connectivity index (χ1v) is 14.2. The molecule has 0 fully saturated rings. The Balaban J connectivity index is 2.10. The van der Waals surface area contributed by atoms with Crippen LogP contribution in [0.2, 0.25) is 0 Å². The van der Waals surface area contributed by atoms with Gasteiger partial charge in [-0.15, -0.1) is 0 Å². The Morgan fingerprint density at radius 2 is 1.03 bits per heavy atom. The van der Waals surface area contributed by atoms with Gasteiger partial charge in [-0.3, -0.25) is 0 Å². The number of hydrogen-bond acceptors (Lipinski definition) is 2. The lowest BCUT2D eigenvalue weighted by molar-refractivity contribution is 0.0118. The van der Waals surface area contributed by atoms with Gasteiger partial charge in [0.25, 0.3) is 0 Å².